The maximum absolute atomic E-state index is 12.4. The van der Waals surface area contributed by atoms with Gasteiger partial charge in [0, 0.05) is 5.92 Å². The maximum Gasteiger partial charge on any atom is 0.119 e. The van der Waals surface area contributed by atoms with Crippen LogP contribution in [0.2, 0.25) is 0 Å². The van der Waals surface area contributed by atoms with Gasteiger partial charge in [0.05, 0.1) is 13.3 Å². The van der Waals surface area contributed by atoms with Gasteiger partial charge in [-0.3, -0.25) is 4.39 Å². The normalized spacial score (nSPS) is 10.6. The first kappa shape index (κ1) is 11.0. The molecule has 0 bridgehead atoms. The van der Waals surface area contributed by atoms with E-state index < -0.39 is 6.67 Å². The van der Waals surface area contributed by atoms with Gasteiger partial charge in [-0.05, 0) is 37.1 Å². The molecule has 0 fully saturated rings. The summed E-state index contributed by atoms with van der Waals surface area (Å²) >= 11 is 0. The smallest absolute Gasteiger partial charge is 0.119 e. The molecule has 0 aliphatic carbocycles. The van der Waals surface area contributed by atoms with Crippen molar-refractivity contribution in [3.63, 3.8) is 0 Å². The monoisotopic (exact) mass is 195 g/mol. The van der Waals surface area contributed by atoms with E-state index in [0.29, 0.717) is 6.61 Å². The molecule has 0 saturated carbocycles. The van der Waals surface area contributed by atoms with E-state index in [-0.39, 0.29) is 0 Å². The lowest BCUT2D eigenvalue weighted by molar-refractivity contribution is 0.339. The van der Waals surface area contributed by atoms with Gasteiger partial charge in [0.1, 0.15) is 5.75 Å². The van der Waals surface area contributed by atoms with Crippen LogP contribution in [-0.4, -0.2) is 13.3 Å². The van der Waals surface area contributed by atoms with Crippen LogP contribution in [0.1, 0.15) is 25.0 Å². The second-order valence-electron chi connectivity index (χ2n) is 3.38. The number of ether oxygens (including phenoxy) is 1. The highest BCUT2D eigenvalue weighted by Crippen LogP contribution is 2.22. The topological polar surface area (TPSA) is 9.23 Å². The summed E-state index contributed by atoms with van der Waals surface area (Å²) in [6.07, 6.45) is 0. The van der Waals surface area contributed by atoms with Crippen LogP contribution < -0.4 is 4.74 Å². The van der Waals surface area contributed by atoms with E-state index in [9.17, 15) is 4.39 Å². The van der Waals surface area contributed by atoms with Gasteiger partial charge in [-0.2, -0.15) is 0 Å². The van der Waals surface area contributed by atoms with Gasteiger partial charge >= 0.3 is 0 Å². The molecule has 1 aromatic rings. The highest BCUT2D eigenvalue weighted by Gasteiger charge is 2.07. The SMILES string of the molecule is CCOc1cc(C)cc([C](C)CF)c1. The van der Waals surface area contributed by atoms with Crippen LogP contribution in [-0.2, 0) is 0 Å². The van der Waals surface area contributed by atoms with E-state index in [1.807, 2.05) is 32.0 Å². The first-order chi connectivity index (χ1) is 6.67. The predicted molar refractivity (Wildman–Crippen MR) is 56.3 cm³/mol. The molecule has 0 aromatic heterocycles. The lowest BCUT2D eigenvalue weighted by Gasteiger charge is -2.11. The fourth-order valence-corrected chi connectivity index (χ4v) is 1.32. The number of rotatable bonds is 4. The molecule has 0 saturated heterocycles. The summed E-state index contributed by atoms with van der Waals surface area (Å²) in [5.41, 5.74) is 2.02. The van der Waals surface area contributed by atoms with Crippen molar-refractivity contribution < 1.29 is 9.13 Å². The van der Waals surface area contributed by atoms with Gasteiger partial charge in [-0.25, -0.2) is 0 Å². The summed E-state index contributed by atoms with van der Waals surface area (Å²) in [7, 11) is 0. The van der Waals surface area contributed by atoms with Gasteiger partial charge < -0.3 is 4.74 Å². The number of aryl methyl sites for hydroxylation is 1. The molecule has 0 heterocycles. The third-order valence-electron chi connectivity index (χ3n) is 2.06. The summed E-state index contributed by atoms with van der Waals surface area (Å²) in [5, 5.41) is 0. The molecule has 0 N–H and O–H groups in total. The van der Waals surface area contributed by atoms with Crippen molar-refractivity contribution in [1.82, 2.24) is 0 Å². The molecule has 0 aliphatic heterocycles. The van der Waals surface area contributed by atoms with E-state index in [4.69, 9.17) is 4.74 Å². The zero-order valence-corrected chi connectivity index (χ0v) is 8.93. The number of hydrogen-bond donors (Lipinski definition) is 0. The summed E-state index contributed by atoms with van der Waals surface area (Å²) in [6, 6.07) is 5.81. The van der Waals surface area contributed by atoms with Crippen molar-refractivity contribution in [2.45, 2.75) is 20.8 Å². The number of benzene rings is 1. The van der Waals surface area contributed by atoms with Crippen molar-refractivity contribution in [1.29, 1.82) is 0 Å². The molecule has 0 amide bonds. The van der Waals surface area contributed by atoms with Crippen LogP contribution in [0.15, 0.2) is 18.2 Å². The average molecular weight is 195 g/mol. The Morgan fingerprint density at radius 1 is 1.36 bits per heavy atom. The zero-order valence-electron chi connectivity index (χ0n) is 8.93. The minimum absolute atomic E-state index is 0.408. The Hall–Kier alpha value is -1.05. The van der Waals surface area contributed by atoms with E-state index in [0.717, 1.165) is 22.8 Å². The molecular weight excluding hydrogens is 179 g/mol. The van der Waals surface area contributed by atoms with Crippen molar-refractivity contribution in [3.8, 4) is 5.75 Å². The van der Waals surface area contributed by atoms with Crippen LogP contribution in [0.4, 0.5) is 4.39 Å². The molecule has 0 unspecified atom stereocenters. The fourth-order valence-electron chi connectivity index (χ4n) is 1.32. The lowest BCUT2D eigenvalue weighted by Crippen LogP contribution is -1.99. The van der Waals surface area contributed by atoms with Gasteiger partial charge in [0.2, 0.25) is 0 Å². The minimum atomic E-state index is -0.408. The van der Waals surface area contributed by atoms with Crippen LogP contribution in [0.5, 0.6) is 5.75 Å². The van der Waals surface area contributed by atoms with E-state index in [1.165, 1.54) is 0 Å². The van der Waals surface area contributed by atoms with Crippen LogP contribution >= 0.6 is 0 Å². The Balaban J connectivity index is 2.94. The number of hydrogen-bond acceptors (Lipinski definition) is 1. The minimum Gasteiger partial charge on any atom is -0.494 e. The highest BCUT2D eigenvalue weighted by molar-refractivity contribution is 5.40. The molecule has 0 aliphatic rings. The Bertz CT molecular complexity index is 296. The molecule has 0 atom stereocenters. The Labute approximate surface area is 84.9 Å². The fraction of sp³-hybridized carbons (Fsp3) is 0.417. The Morgan fingerprint density at radius 2 is 2.07 bits per heavy atom. The second kappa shape index (κ2) is 4.99. The van der Waals surface area contributed by atoms with E-state index in [2.05, 4.69) is 0 Å². The molecule has 1 nitrogen and oxygen atoms in total. The predicted octanol–water partition coefficient (Wildman–Crippen LogP) is 3.31. The van der Waals surface area contributed by atoms with E-state index in [1.54, 1.807) is 6.92 Å². The lowest BCUT2D eigenvalue weighted by atomic mass is 10.0. The maximum atomic E-state index is 12.4. The van der Waals surface area contributed by atoms with Crippen molar-refractivity contribution >= 4 is 0 Å². The second-order valence-corrected chi connectivity index (χ2v) is 3.38. The third kappa shape index (κ3) is 2.72. The number of halogens is 1. The summed E-state index contributed by atoms with van der Waals surface area (Å²) < 4.78 is 17.8. The van der Waals surface area contributed by atoms with Gasteiger partial charge in [0.15, 0.2) is 0 Å². The van der Waals surface area contributed by atoms with Gasteiger partial charge in [-0.1, -0.05) is 13.0 Å². The highest BCUT2D eigenvalue weighted by atomic mass is 19.1. The van der Waals surface area contributed by atoms with Crippen molar-refractivity contribution in [3.05, 3.63) is 35.2 Å². The zero-order chi connectivity index (χ0) is 10.6. The Kier molecular flexibility index (Phi) is 3.93. The third-order valence-corrected chi connectivity index (χ3v) is 2.06. The summed E-state index contributed by atoms with van der Waals surface area (Å²) in [4.78, 5) is 0. The van der Waals surface area contributed by atoms with Crippen molar-refractivity contribution in [2.75, 3.05) is 13.3 Å². The Morgan fingerprint density at radius 3 is 2.64 bits per heavy atom. The molecular formula is C12H16FO. The largest absolute Gasteiger partial charge is 0.494 e. The van der Waals surface area contributed by atoms with Gasteiger partial charge in [-0.15, -0.1) is 0 Å². The first-order valence-corrected chi connectivity index (χ1v) is 4.80. The van der Waals surface area contributed by atoms with Gasteiger partial charge in [0.25, 0.3) is 0 Å². The van der Waals surface area contributed by atoms with Crippen LogP contribution in [0, 0.1) is 12.8 Å². The molecule has 0 spiro atoms. The number of alkyl halides is 1. The molecule has 2 heteroatoms. The molecule has 1 aromatic carbocycles. The summed E-state index contributed by atoms with van der Waals surface area (Å²) in [6.45, 7) is 5.95. The quantitative estimate of drug-likeness (QED) is 0.716. The van der Waals surface area contributed by atoms with Crippen molar-refractivity contribution in [2.24, 2.45) is 0 Å². The summed E-state index contributed by atoms with van der Waals surface area (Å²) in [5.74, 6) is 1.56. The standard InChI is InChI=1S/C12H16FO/c1-4-14-12-6-9(2)5-11(7-12)10(3)8-13/h5-7H,4,8H2,1-3H3. The average Bonchev–Trinajstić information content (AvgIpc) is 2.16. The molecule has 77 valence electrons. The first-order valence-electron chi connectivity index (χ1n) is 4.80. The molecule has 1 radical (unpaired) electrons. The molecule has 1 rings (SSSR count). The van der Waals surface area contributed by atoms with Crippen LogP contribution in [0.3, 0.4) is 0 Å². The van der Waals surface area contributed by atoms with Crippen LogP contribution in [0.25, 0.3) is 0 Å². The molecule has 14 heavy (non-hydrogen) atoms. The van der Waals surface area contributed by atoms with E-state index >= 15 is 0 Å².